The minimum Gasteiger partial charge on any atom is -0.310 e. The zero-order valence-corrected chi connectivity index (χ0v) is 11.8. The van der Waals surface area contributed by atoms with Crippen molar-refractivity contribution in [2.75, 3.05) is 0 Å². The molecular weight excluding hydrogens is 258 g/mol. The second-order valence-electron chi connectivity index (χ2n) is 5.00. The maximum absolute atomic E-state index is 6.37. The van der Waals surface area contributed by atoms with Gasteiger partial charge in [0.1, 0.15) is 5.82 Å². The molecule has 1 aromatic carbocycles. The molecule has 0 aliphatic heterocycles. The van der Waals surface area contributed by atoms with Crippen molar-refractivity contribution in [3.63, 3.8) is 0 Å². The van der Waals surface area contributed by atoms with E-state index in [1.807, 2.05) is 18.5 Å². The van der Waals surface area contributed by atoms with Gasteiger partial charge in [-0.15, -0.1) is 0 Å². The highest BCUT2D eigenvalue weighted by Crippen LogP contribution is 2.24. The molecule has 4 heteroatoms. The van der Waals surface area contributed by atoms with Crippen LogP contribution < -0.4 is 5.32 Å². The Kier molecular flexibility index (Phi) is 3.58. The Morgan fingerprint density at radius 2 is 2.26 bits per heavy atom. The van der Waals surface area contributed by atoms with E-state index in [4.69, 9.17) is 11.6 Å². The predicted molar refractivity (Wildman–Crippen MR) is 77.8 cm³/mol. The number of nitrogens with zero attached hydrogens (tertiary/aromatic N) is 2. The van der Waals surface area contributed by atoms with Crippen LogP contribution in [0.25, 0.3) is 5.69 Å². The van der Waals surface area contributed by atoms with E-state index < -0.39 is 0 Å². The number of benzene rings is 1. The van der Waals surface area contributed by atoms with Gasteiger partial charge >= 0.3 is 0 Å². The van der Waals surface area contributed by atoms with Crippen LogP contribution in [0, 0.1) is 0 Å². The van der Waals surface area contributed by atoms with Crippen LogP contribution in [-0.2, 0) is 13.0 Å². The summed E-state index contributed by atoms with van der Waals surface area (Å²) < 4.78 is 2.09. The first-order chi connectivity index (χ1) is 9.28. The fraction of sp³-hybridized carbons (Fsp3) is 0.400. The zero-order chi connectivity index (χ0) is 13.2. The monoisotopic (exact) mass is 275 g/mol. The molecule has 1 N–H and O–H groups in total. The molecule has 1 saturated carbocycles. The Morgan fingerprint density at radius 3 is 2.95 bits per heavy atom. The van der Waals surface area contributed by atoms with Gasteiger partial charge in [-0.1, -0.05) is 24.6 Å². The Labute approximate surface area is 118 Å². The third-order valence-electron chi connectivity index (χ3n) is 3.51. The second-order valence-corrected chi connectivity index (χ2v) is 5.41. The maximum atomic E-state index is 6.37. The van der Waals surface area contributed by atoms with Gasteiger partial charge in [-0.25, -0.2) is 4.98 Å². The summed E-state index contributed by atoms with van der Waals surface area (Å²) in [6, 6.07) is 6.94. The van der Waals surface area contributed by atoms with Crippen molar-refractivity contribution in [2.45, 2.75) is 38.8 Å². The van der Waals surface area contributed by atoms with Gasteiger partial charge in [-0.3, -0.25) is 0 Å². The Balaban J connectivity index is 1.81. The fourth-order valence-corrected chi connectivity index (χ4v) is 2.44. The first kappa shape index (κ1) is 12.7. The Hall–Kier alpha value is -1.32. The number of imidazole rings is 1. The lowest BCUT2D eigenvalue weighted by molar-refractivity contribution is 0.688. The lowest BCUT2D eigenvalue weighted by Gasteiger charge is -2.10. The molecule has 3 nitrogen and oxygen atoms in total. The summed E-state index contributed by atoms with van der Waals surface area (Å²) in [4.78, 5) is 4.34. The summed E-state index contributed by atoms with van der Waals surface area (Å²) in [6.45, 7) is 2.96. The molecule has 0 amide bonds. The van der Waals surface area contributed by atoms with Crippen molar-refractivity contribution in [2.24, 2.45) is 0 Å². The smallest absolute Gasteiger partial charge is 0.112 e. The van der Waals surface area contributed by atoms with Crippen LogP contribution in [0.5, 0.6) is 0 Å². The lowest BCUT2D eigenvalue weighted by atomic mass is 10.2. The molecule has 1 aliphatic rings. The van der Waals surface area contributed by atoms with Crippen molar-refractivity contribution in [1.82, 2.24) is 14.9 Å². The standard InChI is InChI=1S/C15H18ClN3/c1-2-15-17-7-8-19(15)13-6-3-11(14(16)9-13)10-18-12-4-5-12/h3,6-9,12,18H,2,4-5,10H2,1H3. The van der Waals surface area contributed by atoms with Crippen molar-refractivity contribution in [1.29, 1.82) is 0 Å². The number of aryl methyl sites for hydroxylation is 1. The molecule has 19 heavy (non-hydrogen) atoms. The van der Waals surface area contributed by atoms with Gasteiger partial charge in [0.05, 0.1) is 0 Å². The summed E-state index contributed by atoms with van der Waals surface area (Å²) in [5.74, 6) is 1.06. The summed E-state index contributed by atoms with van der Waals surface area (Å²) >= 11 is 6.37. The molecule has 0 spiro atoms. The minimum atomic E-state index is 0.705. The van der Waals surface area contributed by atoms with Crippen LogP contribution in [0.1, 0.15) is 31.2 Å². The highest BCUT2D eigenvalue weighted by molar-refractivity contribution is 6.31. The third-order valence-corrected chi connectivity index (χ3v) is 3.86. The molecule has 1 heterocycles. The molecule has 3 rings (SSSR count). The van der Waals surface area contributed by atoms with E-state index >= 15 is 0 Å². The van der Waals surface area contributed by atoms with Gasteiger partial charge in [0, 0.05) is 42.1 Å². The van der Waals surface area contributed by atoms with E-state index in [1.165, 1.54) is 12.8 Å². The summed E-state index contributed by atoms with van der Waals surface area (Å²) in [5.41, 5.74) is 2.24. The van der Waals surface area contributed by atoms with E-state index in [1.54, 1.807) is 0 Å². The highest BCUT2D eigenvalue weighted by Gasteiger charge is 2.20. The van der Waals surface area contributed by atoms with Crippen LogP contribution in [0.15, 0.2) is 30.6 Å². The van der Waals surface area contributed by atoms with E-state index in [-0.39, 0.29) is 0 Å². The molecule has 100 valence electrons. The number of hydrogen-bond acceptors (Lipinski definition) is 2. The first-order valence-electron chi connectivity index (χ1n) is 6.82. The van der Waals surface area contributed by atoms with Gasteiger partial charge in [0.15, 0.2) is 0 Å². The van der Waals surface area contributed by atoms with Crippen molar-refractivity contribution < 1.29 is 0 Å². The molecule has 1 fully saturated rings. The number of nitrogens with one attached hydrogen (secondary N) is 1. The van der Waals surface area contributed by atoms with Crippen molar-refractivity contribution in [3.8, 4) is 5.69 Å². The van der Waals surface area contributed by atoms with Crippen molar-refractivity contribution in [3.05, 3.63) is 47.0 Å². The SMILES string of the molecule is CCc1nccn1-c1ccc(CNC2CC2)c(Cl)c1. The van der Waals surface area contributed by atoms with Crippen LogP contribution >= 0.6 is 11.6 Å². The molecule has 1 aromatic heterocycles. The fourth-order valence-electron chi connectivity index (χ4n) is 2.20. The molecule has 0 atom stereocenters. The normalized spacial score (nSPS) is 14.8. The second kappa shape index (κ2) is 5.35. The molecule has 0 saturated heterocycles. The number of rotatable bonds is 5. The topological polar surface area (TPSA) is 29.9 Å². The first-order valence-corrected chi connectivity index (χ1v) is 7.20. The van der Waals surface area contributed by atoms with Gasteiger partial charge in [0.25, 0.3) is 0 Å². The van der Waals surface area contributed by atoms with E-state index in [9.17, 15) is 0 Å². The van der Waals surface area contributed by atoms with Crippen LogP contribution in [0.3, 0.4) is 0 Å². The number of halogens is 1. The lowest BCUT2D eigenvalue weighted by Crippen LogP contribution is -2.15. The molecular formula is C15H18ClN3. The summed E-state index contributed by atoms with van der Waals surface area (Å²) in [6.07, 6.45) is 7.31. The Morgan fingerprint density at radius 1 is 1.42 bits per heavy atom. The van der Waals surface area contributed by atoms with E-state index in [0.717, 1.165) is 35.1 Å². The molecule has 0 unspecified atom stereocenters. The average Bonchev–Trinajstić information content (AvgIpc) is 3.12. The van der Waals surface area contributed by atoms with Crippen molar-refractivity contribution >= 4 is 11.6 Å². The quantitative estimate of drug-likeness (QED) is 0.907. The maximum Gasteiger partial charge on any atom is 0.112 e. The molecule has 0 radical (unpaired) electrons. The zero-order valence-electron chi connectivity index (χ0n) is 11.1. The van der Waals surface area contributed by atoms with E-state index in [0.29, 0.717) is 6.04 Å². The van der Waals surface area contributed by atoms with Crippen LogP contribution in [0.2, 0.25) is 5.02 Å². The van der Waals surface area contributed by atoms with Gasteiger partial charge in [0.2, 0.25) is 0 Å². The third kappa shape index (κ3) is 2.82. The number of aromatic nitrogens is 2. The van der Waals surface area contributed by atoms with Gasteiger partial charge in [-0.2, -0.15) is 0 Å². The molecule has 1 aliphatic carbocycles. The highest BCUT2D eigenvalue weighted by atomic mass is 35.5. The van der Waals surface area contributed by atoms with Crippen LogP contribution in [0.4, 0.5) is 0 Å². The summed E-state index contributed by atoms with van der Waals surface area (Å²) in [5, 5.41) is 4.31. The van der Waals surface area contributed by atoms with Gasteiger partial charge in [-0.05, 0) is 30.5 Å². The van der Waals surface area contributed by atoms with E-state index in [2.05, 4.69) is 33.9 Å². The Bertz CT molecular complexity index is 573. The molecule has 0 bridgehead atoms. The van der Waals surface area contributed by atoms with Gasteiger partial charge < -0.3 is 9.88 Å². The molecule has 2 aromatic rings. The average molecular weight is 276 g/mol. The predicted octanol–water partition coefficient (Wildman–Crippen LogP) is 3.34. The van der Waals surface area contributed by atoms with Crippen LogP contribution in [-0.4, -0.2) is 15.6 Å². The minimum absolute atomic E-state index is 0.705. The summed E-state index contributed by atoms with van der Waals surface area (Å²) in [7, 11) is 0. The largest absolute Gasteiger partial charge is 0.310 e. The number of hydrogen-bond donors (Lipinski definition) is 1.